The maximum Gasteiger partial charge on any atom is 0.151 e. The molecule has 2 aromatic rings. The summed E-state index contributed by atoms with van der Waals surface area (Å²) >= 11 is 0. The summed E-state index contributed by atoms with van der Waals surface area (Å²) in [5, 5.41) is 11.1. The van der Waals surface area contributed by atoms with Crippen molar-refractivity contribution in [2.24, 2.45) is 7.05 Å². The summed E-state index contributed by atoms with van der Waals surface area (Å²) in [5.41, 5.74) is 2.03. The van der Waals surface area contributed by atoms with Crippen molar-refractivity contribution in [3.05, 3.63) is 30.2 Å². The van der Waals surface area contributed by atoms with Crippen molar-refractivity contribution < 1.29 is 0 Å². The number of hydrogen-bond acceptors (Lipinski definition) is 5. The Morgan fingerprint density at radius 2 is 2.24 bits per heavy atom. The predicted molar refractivity (Wildman–Crippen MR) is 66.9 cm³/mol. The molecule has 1 N–H and O–H groups in total. The van der Waals surface area contributed by atoms with Gasteiger partial charge in [0.1, 0.15) is 0 Å². The largest absolute Gasteiger partial charge is 0.376 e. The molecule has 0 saturated heterocycles. The van der Waals surface area contributed by atoms with Crippen molar-refractivity contribution in [3.63, 3.8) is 0 Å². The van der Waals surface area contributed by atoms with Gasteiger partial charge in [0.15, 0.2) is 5.82 Å². The summed E-state index contributed by atoms with van der Waals surface area (Å²) in [6.07, 6.45) is 3.53. The van der Waals surface area contributed by atoms with Crippen molar-refractivity contribution in [3.8, 4) is 0 Å². The van der Waals surface area contributed by atoms with Gasteiger partial charge in [-0.05, 0) is 12.1 Å². The fraction of sp³-hybridized carbons (Fsp3) is 0.364. The first-order valence-electron chi connectivity index (χ1n) is 5.38. The summed E-state index contributed by atoms with van der Waals surface area (Å²) in [7, 11) is 5.82. The molecular weight excluding hydrogens is 216 g/mol. The van der Waals surface area contributed by atoms with Gasteiger partial charge in [0.05, 0.1) is 24.1 Å². The molecule has 2 heterocycles. The van der Waals surface area contributed by atoms with E-state index >= 15 is 0 Å². The van der Waals surface area contributed by atoms with Gasteiger partial charge >= 0.3 is 0 Å². The Kier molecular flexibility index (Phi) is 3.22. The van der Waals surface area contributed by atoms with Crippen LogP contribution in [0.25, 0.3) is 0 Å². The van der Waals surface area contributed by atoms with E-state index in [2.05, 4.69) is 20.6 Å². The maximum atomic E-state index is 4.33. The predicted octanol–water partition coefficient (Wildman–Crippen LogP) is 0.888. The van der Waals surface area contributed by atoms with Gasteiger partial charge in [-0.1, -0.05) is 5.21 Å². The van der Waals surface area contributed by atoms with E-state index in [-0.39, 0.29) is 0 Å². The summed E-state index contributed by atoms with van der Waals surface area (Å²) < 4.78 is 1.75. The SMILES string of the molecule is CN(C)c1ncccc1NCc1cnnn1C. The molecule has 0 bridgehead atoms. The summed E-state index contributed by atoms with van der Waals surface area (Å²) in [6.45, 7) is 0.677. The number of nitrogens with one attached hydrogen (secondary N) is 1. The van der Waals surface area contributed by atoms with Crippen molar-refractivity contribution in [2.45, 2.75) is 6.54 Å². The van der Waals surface area contributed by atoms with Crippen molar-refractivity contribution in [1.82, 2.24) is 20.0 Å². The highest BCUT2D eigenvalue weighted by Gasteiger charge is 2.06. The zero-order chi connectivity index (χ0) is 12.3. The highest BCUT2D eigenvalue weighted by atomic mass is 15.4. The number of rotatable bonds is 4. The third-order valence-corrected chi connectivity index (χ3v) is 2.48. The Labute approximate surface area is 100 Å². The van der Waals surface area contributed by atoms with Crippen LogP contribution in [0.1, 0.15) is 5.69 Å². The first-order valence-corrected chi connectivity index (χ1v) is 5.38. The Balaban J connectivity index is 2.11. The second-order valence-electron chi connectivity index (χ2n) is 3.97. The minimum absolute atomic E-state index is 0.677. The lowest BCUT2D eigenvalue weighted by atomic mass is 10.3. The molecule has 17 heavy (non-hydrogen) atoms. The monoisotopic (exact) mass is 232 g/mol. The summed E-state index contributed by atoms with van der Waals surface area (Å²) in [4.78, 5) is 6.30. The molecule has 2 aromatic heterocycles. The second-order valence-corrected chi connectivity index (χ2v) is 3.97. The number of anilines is 2. The fourth-order valence-corrected chi connectivity index (χ4v) is 1.55. The lowest BCUT2D eigenvalue weighted by Crippen LogP contribution is -2.14. The van der Waals surface area contributed by atoms with Gasteiger partial charge in [0.25, 0.3) is 0 Å². The topological polar surface area (TPSA) is 58.9 Å². The van der Waals surface area contributed by atoms with E-state index in [4.69, 9.17) is 0 Å². The molecule has 0 saturated carbocycles. The van der Waals surface area contributed by atoms with Crippen LogP contribution in [0.4, 0.5) is 11.5 Å². The van der Waals surface area contributed by atoms with E-state index in [1.807, 2.05) is 38.2 Å². The zero-order valence-electron chi connectivity index (χ0n) is 10.3. The smallest absolute Gasteiger partial charge is 0.151 e. The molecule has 2 rings (SSSR count). The van der Waals surface area contributed by atoms with E-state index in [9.17, 15) is 0 Å². The average Bonchev–Trinajstić information content (AvgIpc) is 2.72. The van der Waals surface area contributed by atoms with Crippen LogP contribution in [0.5, 0.6) is 0 Å². The number of aryl methyl sites for hydroxylation is 1. The Hall–Kier alpha value is -2.11. The first kappa shape index (κ1) is 11.4. The Morgan fingerprint density at radius 1 is 1.41 bits per heavy atom. The quantitative estimate of drug-likeness (QED) is 0.848. The molecule has 0 unspecified atom stereocenters. The molecule has 0 aromatic carbocycles. The molecule has 0 aliphatic carbocycles. The van der Waals surface area contributed by atoms with Gasteiger partial charge in [-0.25, -0.2) is 4.98 Å². The normalized spacial score (nSPS) is 10.3. The maximum absolute atomic E-state index is 4.33. The molecule has 0 aliphatic heterocycles. The molecule has 90 valence electrons. The molecule has 0 spiro atoms. The average molecular weight is 232 g/mol. The molecule has 6 heteroatoms. The molecule has 0 radical (unpaired) electrons. The van der Waals surface area contributed by atoms with Crippen LogP contribution in [0, 0.1) is 0 Å². The van der Waals surface area contributed by atoms with Gasteiger partial charge in [-0.2, -0.15) is 0 Å². The summed E-state index contributed by atoms with van der Waals surface area (Å²) in [5.74, 6) is 0.919. The zero-order valence-corrected chi connectivity index (χ0v) is 10.3. The van der Waals surface area contributed by atoms with E-state index in [0.29, 0.717) is 6.54 Å². The number of nitrogens with zero attached hydrogens (tertiary/aromatic N) is 5. The lowest BCUT2D eigenvalue weighted by Gasteiger charge is -2.16. The highest BCUT2D eigenvalue weighted by Crippen LogP contribution is 2.20. The van der Waals surface area contributed by atoms with Crippen LogP contribution < -0.4 is 10.2 Å². The molecule has 6 nitrogen and oxygen atoms in total. The summed E-state index contributed by atoms with van der Waals surface area (Å²) in [6, 6.07) is 3.92. The molecule has 0 amide bonds. The third-order valence-electron chi connectivity index (χ3n) is 2.48. The van der Waals surface area contributed by atoms with Crippen molar-refractivity contribution in [1.29, 1.82) is 0 Å². The van der Waals surface area contributed by atoms with Gasteiger partial charge in [-0.3, -0.25) is 4.68 Å². The van der Waals surface area contributed by atoms with Crippen LogP contribution in [0.15, 0.2) is 24.5 Å². The van der Waals surface area contributed by atoms with Gasteiger partial charge in [0.2, 0.25) is 0 Å². The van der Waals surface area contributed by atoms with E-state index in [1.54, 1.807) is 17.1 Å². The lowest BCUT2D eigenvalue weighted by molar-refractivity contribution is 0.683. The van der Waals surface area contributed by atoms with Gasteiger partial charge < -0.3 is 10.2 Å². The van der Waals surface area contributed by atoms with E-state index < -0.39 is 0 Å². The van der Waals surface area contributed by atoms with E-state index in [1.165, 1.54) is 0 Å². The van der Waals surface area contributed by atoms with Crippen LogP contribution in [-0.2, 0) is 13.6 Å². The third kappa shape index (κ3) is 2.52. The fourth-order valence-electron chi connectivity index (χ4n) is 1.55. The van der Waals surface area contributed by atoms with Crippen molar-refractivity contribution in [2.75, 3.05) is 24.3 Å². The molecule has 0 aliphatic rings. The minimum atomic E-state index is 0.677. The van der Waals surface area contributed by atoms with Gasteiger partial charge in [0, 0.05) is 27.3 Å². The Morgan fingerprint density at radius 3 is 2.88 bits per heavy atom. The van der Waals surface area contributed by atoms with Gasteiger partial charge in [-0.15, -0.1) is 5.10 Å². The highest BCUT2D eigenvalue weighted by molar-refractivity contribution is 5.64. The van der Waals surface area contributed by atoms with Crippen LogP contribution in [0.3, 0.4) is 0 Å². The first-order chi connectivity index (χ1) is 8.18. The molecular formula is C11H16N6. The van der Waals surface area contributed by atoms with Crippen LogP contribution in [0.2, 0.25) is 0 Å². The molecule has 0 atom stereocenters. The number of pyridine rings is 1. The van der Waals surface area contributed by atoms with Crippen LogP contribution >= 0.6 is 0 Å². The number of hydrogen-bond donors (Lipinski definition) is 1. The second kappa shape index (κ2) is 4.82. The van der Waals surface area contributed by atoms with E-state index in [0.717, 1.165) is 17.2 Å². The minimum Gasteiger partial charge on any atom is -0.376 e. The van der Waals surface area contributed by atoms with Crippen LogP contribution in [-0.4, -0.2) is 34.1 Å². The molecule has 0 fully saturated rings. The van der Waals surface area contributed by atoms with Crippen molar-refractivity contribution >= 4 is 11.5 Å². The standard InChI is InChI=1S/C11H16N6/c1-16(2)11-10(5-4-6-12-11)13-7-9-8-14-15-17(9)3/h4-6,8,13H,7H2,1-3H3. The number of aromatic nitrogens is 4. The Bertz CT molecular complexity index is 490.